The Morgan fingerprint density at radius 3 is 2.74 bits per heavy atom. The number of thiocarbonyl (C=S) groups is 1. The van der Waals surface area contributed by atoms with Gasteiger partial charge in [-0.05, 0) is 58.8 Å². The number of benzene rings is 1. The molecule has 1 aromatic carbocycles. The molecule has 0 atom stereocenters. The second kappa shape index (κ2) is 7.61. The van der Waals surface area contributed by atoms with E-state index in [0.717, 1.165) is 10.0 Å². The van der Waals surface area contributed by atoms with Crippen LogP contribution in [0.25, 0.3) is 6.08 Å². The third-order valence-electron chi connectivity index (χ3n) is 3.07. The molecule has 1 fully saturated rings. The van der Waals surface area contributed by atoms with Gasteiger partial charge in [-0.15, -0.1) is 0 Å². The largest absolute Gasteiger partial charge is 0.490 e. The molecule has 122 valence electrons. The second-order valence-corrected chi connectivity index (χ2v) is 5.96. The van der Waals surface area contributed by atoms with Crippen LogP contribution < -0.4 is 14.8 Å². The summed E-state index contributed by atoms with van der Waals surface area (Å²) in [4.78, 5) is 13.4. The molecule has 1 saturated heterocycles. The summed E-state index contributed by atoms with van der Waals surface area (Å²) in [5.74, 6) is 1.03. The van der Waals surface area contributed by atoms with Gasteiger partial charge in [0.2, 0.25) is 0 Å². The van der Waals surface area contributed by atoms with Crippen molar-refractivity contribution < 1.29 is 14.3 Å². The zero-order chi connectivity index (χ0) is 17.0. The maximum Gasteiger partial charge on any atom is 0.276 e. The fourth-order valence-electron chi connectivity index (χ4n) is 2.01. The van der Waals surface area contributed by atoms with Gasteiger partial charge in [-0.3, -0.25) is 9.69 Å². The molecule has 1 aliphatic rings. The van der Waals surface area contributed by atoms with E-state index in [4.69, 9.17) is 21.7 Å². The van der Waals surface area contributed by atoms with Gasteiger partial charge in [-0.25, -0.2) is 0 Å². The molecule has 1 aromatic rings. The standard InChI is InChI=1S/C16H17BrN2O3S/c1-4-6-22-14-11(17)7-10(9-13(14)21-5-2)8-12-15(20)19(3)16(23)18-12/h4,7-9H,1,5-6H2,2-3H3,(H,18,23)/b12-8+. The highest BCUT2D eigenvalue weighted by atomic mass is 79.9. The summed E-state index contributed by atoms with van der Waals surface area (Å²) in [7, 11) is 1.63. The van der Waals surface area contributed by atoms with Crippen molar-refractivity contribution in [3.63, 3.8) is 0 Å². The van der Waals surface area contributed by atoms with Crippen LogP contribution in [0.3, 0.4) is 0 Å². The van der Waals surface area contributed by atoms with Crippen molar-refractivity contribution in [2.24, 2.45) is 0 Å². The first-order chi connectivity index (χ1) is 11.0. The van der Waals surface area contributed by atoms with Crippen molar-refractivity contribution in [3.05, 3.63) is 40.5 Å². The molecule has 0 unspecified atom stereocenters. The summed E-state index contributed by atoms with van der Waals surface area (Å²) < 4.78 is 12.0. The Morgan fingerprint density at radius 2 is 2.17 bits per heavy atom. The number of nitrogens with zero attached hydrogens (tertiary/aromatic N) is 1. The van der Waals surface area contributed by atoms with Gasteiger partial charge in [0.1, 0.15) is 12.3 Å². The maximum absolute atomic E-state index is 12.1. The number of carbonyl (C=O) groups is 1. The lowest BCUT2D eigenvalue weighted by atomic mass is 10.1. The van der Waals surface area contributed by atoms with Gasteiger partial charge in [-0.2, -0.15) is 0 Å². The third kappa shape index (κ3) is 3.92. The predicted molar refractivity (Wildman–Crippen MR) is 97.5 cm³/mol. The number of halogens is 1. The number of hydrogen-bond donors (Lipinski definition) is 1. The van der Waals surface area contributed by atoms with Gasteiger partial charge in [0.05, 0.1) is 11.1 Å². The molecule has 0 bridgehead atoms. The number of likely N-dealkylation sites (N-methyl/N-ethyl adjacent to an activating group) is 1. The van der Waals surface area contributed by atoms with E-state index in [1.807, 2.05) is 19.1 Å². The molecule has 2 rings (SSSR count). The van der Waals surface area contributed by atoms with Crippen molar-refractivity contribution in [1.29, 1.82) is 0 Å². The topological polar surface area (TPSA) is 50.8 Å². The number of hydrogen-bond acceptors (Lipinski definition) is 4. The molecule has 7 heteroatoms. The number of ether oxygens (including phenoxy) is 2. The summed E-state index contributed by atoms with van der Waals surface area (Å²) in [6.07, 6.45) is 3.39. The van der Waals surface area contributed by atoms with Crippen LogP contribution in [0.15, 0.2) is 35.0 Å². The molecule has 1 amide bonds. The summed E-state index contributed by atoms with van der Waals surface area (Å²) in [5, 5.41) is 3.28. The van der Waals surface area contributed by atoms with Crippen molar-refractivity contribution in [1.82, 2.24) is 10.2 Å². The minimum atomic E-state index is -0.170. The first-order valence-corrected chi connectivity index (χ1v) is 8.18. The van der Waals surface area contributed by atoms with Gasteiger partial charge < -0.3 is 14.8 Å². The van der Waals surface area contributed by atoms with E-state index in [2.05, 4.69) is 27.8 Å². The van der Waals surface area contributed by atoms with E-state index in [0.29, 0.717) is 35.5 Å². The monoisotopic (exact) mass is 396 g/mol. The van der Waals surface area contributed by atoms with E-state index in [1.165, 1.54) is 4.90 Å². The van der Waals surface area contributed by atoms with Crippen molar-refractivity contribution in [3.8, 4) is 11.5 Å². The number of nitrogens with one attached hydrogen (secondary N) is 1. The highest BCUT2D eigenvalue weighted by molar-refractivity contribution is 9.10. The minimum Gasteiger partial charge on any atom is -0.490 e. The predicted octanol–water partition coefficient (Wildman–Crippen LogP) is 3.10. The molecule has 1 aliphatic heterocycles. The number of carbonyl (C=O) groups excluding carboxylic acids is 1. The lowest BCUT2D eigenvalue weighted by molar-refractivity contribution is -0.121. The molecular formula is C16H17BrN2O3S. The maximum atomic E-state index is 12.1. The van der Waals surface area contributed by atoms with Crippen molar-refractivity contribution >= 4 is 45.2 Å². The highest BCUT2D eigenvalue weighted by Crippen LogP contribution is 2.37. The molecule has 5 nitrogen and oxygen atoms in total. The van der Waals surface area contributed by atoms with E-state index in [9.17, 15) is 4.79 Å². The van der Waals surface area contributed by atoms with E-state index >= 15 is 0 Å². The number of rotatable bonds is 6. The van der Waals surface area contributed by atoms with Crippen LogP contribution in [-0.4, -0.2) is 36.2 Å². The van der Waals surface area contributed by atoms with Gasteiger partial charge in [0.25, 0.3) is 5.91 Å². The molecule has 1 N–H and O–H groups in total. The van der Waals surface area contributed by atoms with Gasteiger partial charge >= 0.3 is 0 Å². The minimum absolute atomic E-state index is 0.170. The van der Waals surface area contributed by atoms with Crippen LogP contribution in [0.5, 0.6) is 11.5 Å². The van der Waals surface area contributed by atoms with Gasteiger partial charge in [-0.1, -0.05) is 12.7 Å². The summed E-state index contributed by atoms with van der Waals surface area (Å²) in [6.45, 7) is 6.41. The average Bonchev–Trinajstić information content (AvgIpc) is 2.74. The quantitative estimate of drug-likeness (QED) is 0.454. The Balaban J connectivity index is 2.39. The molecular weight excluding hydrogens is 380 g/mol. The first kappa shape index (κ1) is 17.5. The van der Waals surface area contributed by atoms with Gasteiger partial charge in [0.15, 0.2) is 16.6 Å². The molecule has 0 aliphatic carbocycles. The van der Waals surface area contributed by atoms with Crippen LogP contribution in [0.4, 0.5) is 0 Å². The van der Waals surface area contributed by atoms with Gasteiger partial charge in [0, 0.05) is 7.05 Å². The molecule has 0 radical (unpaired) electrons. The molecule has 0 spiro atoms. The lowest BCUT2D eigenvalue weighted by Gasteiger charge is -2.13. The molecule has 23 heavy (non-hydrogen) atoms. The van der Waals surface area contributed by atoms with Crippen LogP contribution in [0.1, 0.15) is 12.5 Å². The zero-order valence-corrected chi connectivity index (χ0v) is 15.3. The van der Waals surface area contributed by atoms with Crippen molar-refractivity contribution in [2.75, 3.05) is 20.3 Å². The Morgan fingerprint density at radius 1 is 1.43 bits per heavy atom. The Hall–Kier alpha value is -1.86. The van der Waals surface area contributed by atoms with Crippen LogP contribution in [0.2, 0.25) is 0 Å². The van der Waals surface area contributed by atoms with Crippen molar-refractivity contribution in [2.45, 2.75) is 6.92 Å². The van der Waals surface area contributed by atoms with E-state index < -0.39 is 0 Å². The Labute approximate surface area is 149 Å². The highest BCUT2D eigenvalue weighted by Gasteiger charge is 2.27. The first-order valence-electron chi connectivity index (χ1n) is 6.98. The summed E-state index contributed by atoms with van der Waals surface area (Å²) in [5.41, 5.74) is 1.21. The summed E-state index contributed by atoms with van der Waals surface area (Å²) >= 11 is 8.54. The second-order valence-electron chi connectivity index (χ2n) is 4.72. The van der Waals surface area contributed by atoms with Crippen LogP contribution in [-0.2, 0) is 4.79 Å². The molecule has 1 heterocycles. The molecule has 0 aromatic heterocycles. The zero-order valence-electron chi connectivity index (χ0n) is 12.9. The van der Waals surface area contributed by atoms with Crippen LogP contribution in [0, 0.1) is 0 Å². The SMILES string of the molecule is C=CCOc1c(Br)cc(/C=C2/NC(=S)N(C)C2=O)cc1OCC. The fourth-order valence-corrected chi connectivity index (χ4v) is 2.77. The Bertz CT molecular complexity index is 688. The number of amides is 1. The molecule has 0 saturated carbocycles. The third-order valence-corrected chi connectivity index (χ3v) is 4.03. The fraction of sp³-hybridized carbons (Fsp3) is 0.250. The van der Waals surface area contributed by atoms with E-state index in [-0.39, 0.29) is 5.91 Å². The van der Waals surface area contributed by atoms with Crippen LogP contribution >= 0.6 is 28.1 Å². The average molecular weight is 397 g/mol. The normalized spacial score (nSPS) is 15.8. The smallest absolute Gasteiger partial charge is 0.276 e. The lowest BCUT2D eigenvalue weighted by Crippen LogP contribution is -2.25. The Kier molecular flexibility index (Phi) is 5.79. The van der Waals surface area contributed by atoms with E-state index in [1.54, 1.807) is 19.2 Å². The summed E-state index contributed by atoms with van der Waals surface area (Å²) in [6, 6.07) is 3.67.